The number of benzene rings is 1. The minimum atomic E-state index is -2.21. The molecule has 0 amide bonds. The normalized spacial score (nSPS) is 20.5. The molecule has 1 aliphatic rings. The van der Waals surface area contributed by atoms with Crippen molar-refractivity contribution in [3.05, 3.63) is 35.1 Å². The molecule has 6 nitrogen and oxygen atoms in total. The highest BCUT2D eigenvalue weighted by atomic mass is 32.2. The molecule has 1 fully saturated rings. The van der Waals surface area contributed by atoms with Gasteiger partial charge in [-0.15, -0.1) is 0 Å². The zero-order valence-corrected chi connectivity index (χ0v) is 12.8. The van der Waals surface area contributed by atoms with Gasteiger partial charge in [0.05, 0.1) is 12.7 Å². The first kappa shape index (κ1) is 17.5. The summed E-state index contributed by atoms with van der Waals surface area (Å²) in [5, 5.41) is 19.5. The summed E-state index contributed by atoms with van der Waals surface area (Å²) in [6, 6.07) is 4.53. The fourth-order valence-electron chi connectivity index (χ4n) is 2.86. The van der Waals surface area contributed by atoms with Gasteiger partial charge in [0, 0.05) is 30.7 Å². The second-order valence-corrected chi connectivity index (χ2v) is 6.13. The molecule has 0 radical (unpaired) electrons. The molecular formula is C14H20FNO5S. The van der Waals surface area contributed by atoms with Gasteiger partial charge < -0.3 is 14.9 Å². The van der Waals surface area contributed by atoms with Crippen molar-refractivity contribution >= 4 is 11.3 Å². The molecule has 1 heterocycles. The van der Waals surface area contributed by atoms with Gasteiger partial charge in [0.1, 0.15) is 5.82 Å². The van der Waals surface area contributed by atoms with E-state index < -0.39 is 35.2 Å². The number of hydrogen-bond donors (Lipinski definition) is 4. The van der Waals surface area contributed by atoms with E-state index in [9.17, 15) is 18.8 Å². The number of ether oxygens (including phenoxy) is 1. The van der Waals surface area contributed by atoms with Gasteiger partial charge in [0.15, 0.2) is 0 Å². The van der Waals surface area contributed by atoms with Crippen LogP contribution in [0.25, 0.3) is 0 Å². The minimum absolute atomic E-state index is 0.0755. The summed E-state index contributed by atoms with van der Waals surface area (Å²) in [4.78, 5) is 0. The van der Waals surface area contributed by atoms with Crippen molar-refractivity contribution in [2.24, 2.45) is 0 Å². The van der Waals surface area contributed by atoms with Gasteiger partial charge in [0.2, 0.25) is 11.3 Å². The lowest BCUT2D eigenvalue weighted by molar-refractivity contribution is -0.0371. The molecule has 4 N–H and O–H groups in total. The maximum atomic E-state index is 14.2. The third-order valence-corrected chi connectivity index (χ3v) is 4.60. The molecule has 1 unspecified atom stereocenters. The van der Waals surface area contributed by atoms with Crippen molar-refractivity contribution < 1.29 is 28.1 Å². The summed E-state index contributed by atoms with van der Waals surface area (Å²) in [5.41, 5.74) is 0.120. The molecule has 0 spiro atoms. The Morgan fingerprint density at radius 1 is 1.41 bits per heavy atom. The Hall–Kier alpha value is -0.900. The zero-order chi connectivity index (χ0) is 16.2. The van der Waals surface area contributed by atoms with Crippen molar-refractivity contribution in [3.63, 3.8) is 0 Å². The number of nitrogens with one attached hydrogen (secondary N) is 1. The first-order chi connectivity index (χ1) is 10.5. The molecule has 22 heavy (non-hydrogen) atoms. The summed E-state index contributed by atoms with van der Waals surface area (Å²) >= 11 is -2.21. The topological polar surface area (TPSA) is 99.0 Å². The van der Waals surface area contributed by atoms with Crippen molar-refractivity contribution in [3.8, 4) is 0 Å². The van der Waals surface area contributed by atoms with Gasteiger partial charge >= 0.3 is 0 Å². The summed E-state index contributed by atoms with van der Waals surface area (Å²) in [6.07, 6.45) is -0.0107. The molecule has 0 bridgehead atoms. The van der Waals surface area contributed by atoms with E-state index in [2.05, 4.69) is 4.72 Å². The molecular weight excluding hydrogens is 313 g/mol. The number of halogens is 1. The second kappa shape index (κ2) is 7.58. The van der Waals surface area contributed by atoms with Crippen molar-refractivity contribution in [1.29, 1.82) is 0 Å². The van der Waals surface area contributed by atoms with Crippen LogP contribution in [0.15, 0.2) is 18.2 Å². The lowest BCUT2D eigenvalue weighted by Crippen LogP contribution is -2.46. The molecule has 1 aromatic rings. The molecule has 0 aromatic heterocycles. The lowest BCUT2D eigenvalue weighted by atomic mass is 9.70. The van der Waals surface area contributed by atoms with Gasteiger partial charge in [0.25, 0.3) is 0 Å². The Kier molecular flexibility index (Phi) is 6.01. The number of hydrogen-bond acceptors (Lipinski definition) is 4. The Balaban J connectivity index is 2.29. The van der Waals surface area contributed by atoms with Crippen LogP contribution < -0.4 is 4.72 Å². The Bertz CT molecular complexity index is 536. The molecule has 2 rings (SSSR count). The first-order valence-corrected chi connectivity index (χ1v) is 8.10. The summed E-state index contributed by atoms with van der Waals surface area (Å²) in [7, 11) is 0. The highest BCUT2D eigenvalue weighted by molar-refractivity contribution is 7.77. The van der Waals surface area contributed by atoms with Crippen LogP contribution in [0.2, 0.25) is 0 Å². The quantitative estimate of drug-likeness (QED) is 0.567. The summed E-state index contributed by atoms with van der Waals surface area (Å²) in [5.74, 6) is -0.522. The van der Waals surface area contributed by atoms with E-state index in [0.29, 0.717) is 31.6 Å². The maximum absolute atomic E-state index is 14.2. The van der Waals surface area contributed by atoms with Gasteiger partial charge in [-0.25, -0.2) is 13.3 Å². The fraction of sp³-hybridized carbons (Fsp3) is 0.571. The molecule has 124 valence electrons. The monoisotopic (exact) mass is 333 g/mol. The number of aliphatic hydroxyl groups is 2. The smallest absolute Gasteiger partial charge is 0.232 e. The van der Waals surface area contributed by atoms with Crippen LogP contribution in [0.1, 0.15) is 24.0 Å². The van der Waals surface area contributed by atoms with Gasteiger partial charge in [-0.05, 0) is 24.5 Å². The first-order valence-electron chi connectivity index (χ1n) is 6.99. The molecule has 0 saturated carbocycles. The largest absolute Gasteiger partial charge is 0.394 e. The van der Waals surface area contributed by atoms with Crippen molar-refractivity contribution in [2.45, 2.75) is 30.9 Å². The van der Waals surface area contributed by atoms with Crippen LogP contribution in [0.5, 0.6) is 0 Å². The van der Waals surface area contributed by atoms with Crippen LogP contribution >= 0.6 is 0 Å². The van der Waals surface area contributed by atoms with Crippen LogP contribution in [-0.2, 0) is 28.0 Å². The average Bonchev–Trinajstić information content (AvgIpc) is 2.53. The maximum Gasteiger partial charge on any atom is 0.232 e. The van der Waals surface area contributed by atoms with Gasteiger partial charge in [-0.1, -0.05) is 12.1 Å². The van der Waals surface area contributed by atoms with Gasteiger partial charge in [-0.3, -0.25) is 4.55 Å². The Morgan fingerprint density at radius 2 is 2.09 bits per heavy atom. The molecule has 2 atom stereocenters. The summed E-state index contributed by atoms with van der Waals surface area (Å²) < 4.78 is 41.0. The third kappa shape index (κ3) is 3.70. The summed E-state index contributed by atoms with van der Waals surface area (Å²) in [6.45, 7) is 0.388. The van der Waals surface area contributed by atoms with E-state index in [0.717, 1.165) is 0 Å². The van der Waals surface area contributed by atoms with Crippen LogP contribution in [0.3, 0.4) is 0 Å². The molecule has 0 aliphatic carbocycles. The molecule has 1 aromatic carbocycles. The number of aliphatic hydroxyl groups excluding tert-OH is 2. The van der Waals surface area contributed by atoms with E-state index in [1.54, 1.807) is 6.07 Å². The fourth-order valence-corrected chi connectivity index (χ4v) is 3.14. The number of rotatable bonds is 6. The standard InChI is InChI=1S/C14H20FNO5S/c15-12-7-11(2-1-10(12)8-16-22(19)20)14(13(18)9-17)3-5-21-6-4-14/h1-2,7,13,16-18H,3-6,8-9H2,(H,19,20)/t13-/m1/s1. The molecule has 1 aliphatic heterocycles. The van der Waals surface area contributed by atoms with Crippen molar-refractivity contribution in [2.75, 3.05) is 19.8 Å². The Labute approximate surface area is 130 Å². The molecule has 1 saturated heterocycles. The highest BCUT2D eigenvalue weighted by Gasteiger charge is 2.41. The SMILES string of the molecule is O=S(O)NCc1ccc(C2([C@H](O)CO)CCOCC2)cc1F. The van der Waals surface area contributed by atoms with E-state index >= 15 is 0 Å². The van der Waals surface area contributed by atoms with E-state index in [1.807, 2.05) is 0 Å². The zero-order valence-electron chi connectivity index (χ0n) is 12.0. The van der Waals surface area contributed by atoms with E-state index in [1.165, 1.54) is 12.1 Å². The average molecular weight is 333 g/mol. The third-order valence-electron chi connectivity index (χ3n) is 4.21. The second-order valence-electron chi connectivity index (χ2n) is 5.34. The lowest BCUT2D eigenvalue weighted by Gasteiger charge is -2.41. The molecule has 8 heteroatoms. The van der Waals surface area contributed by atoms with Crippen LogP contribution in [-0.4, -0.2) is 44.9 Å². The predicted octanol–water partition coefficient (Wildman–Crippen LogP) is 0.453. The highest BCUT2D eigenvalue weighted by Crippen LogP contribution is 2.38. The van der Waals surface area contributed by atoms with Crippen LogP contribution in [0, 0.1) is 5.82 Å². The minimum Gasteiger partial charge on any atom is -0.394 e. The van der Waals surface area contributed by atoms with Crippen molar-refractivity contribution in [1.82, 2.24) is 4.72 Å². The predicted molar refractivity (Wildman–Crippen MR) is 78.8 cm³/mol. The van der Waals surface area contributed by atoms with E-state index in [-0.39, 0.29) is 12.1 Å². The van der Waals surface area contributed by atoms with Crippen LogP contribution in [0.4, 0.5) is 4.39 Å². The van der Waals surface area contributed by atoms with E-state index in [4.69, 9.17) is 9.29 Å². The Morgan fingerprint density at radius 3 is 2.64 bits per heavy atom. The van der Waals surface area contributed by atoms with Gasteiger partial charge in [-0.2, -0.15) is 0 Å².